The highest BCUT2D eigenvalue weighted by molar-refractivity contribution is 5.95. The van der Waals surface area contributed by atoms with Crippen LogP contribution in [0.5, 0.6) is 0 Å². The van der Waals surface area contributed by atoms with Crippen molar-refractivity contribution in [2.75, 3.05) is 25.5 Å². The zero-order valence-electron chi connectivity index (χ0n) is 12.5. The quantitative estimate of drug-likeness (QED) is 0.591. The molecular formula is C14H21N3O4. The summed E-state index contributed by atoms with van der Waals surface area (Å²) >= 11 is 0. The summed E-state index contributed by atoms with van der Waals surface area (Å²) in [6.45, 7) is 4.32. The molecule has 7 heteroatoms. The van der Waals surface area contributed by atoms with E-state index in [4.69, 9.17) is 0 Å². The summed E-state index contributed by atoms with van der Waals surface area (Å²) in [5.74, 6) is -0.360. The van der Waals surface area contributed by atoms with E-state index in [1.165, 1.54) is 17.0 Å². The van der Waals surface area contributed by atoms with Crippen molar-refractivity contribution in [3.63, 3.8) is 0 Å². The van der Waals surface area contributed by atoms with Crippen molar-refractivity contribution in [1.29, 1.82) is 0 Å². The first-order valence-corrected chi connectivity index (χ1v) is 6.82. The van der Waals surface area contributed by atoms with Crippen molar-refractivity contribution in [2.24, 2.45) is 0 Å². The van der Waals surface area contributed by atoms with Crippen LogP contribution < -0.4 is 5.32 Å². The molecule has 0 aliphatic carbocycles. The molecule has 2 N–H and O–H groups in total. The maximum Gasteiger partial charge on any atom is 0.293 e. The van der Waals surface area contributed by atoms with E-state index in [9.17, 15) is 20.0 Å². The summed E-state index contributed by atoms with van der Waals surface area (Å²) < 4.78 is 0. The second-order valence-electron chi connectivity index (χ2n) is 4.95. The number of carbonyl (C=O) groups excluding carboxylic acids is 1. The van der Waals surface area contributed by atoms with E-state index in [1.54, 1.807) is 20.0 Å². The normalized spacial score (nSPS) is 11.8. The van der Waals surface area contributed by atoms with Crippen LogP contribution in [0.2, 0.25) is 0 Å². The lowest BCUT2D eigenvalue weighted by molar-refractivity contribution is -0.384. The number of hydrogen-bond acceptors (Lipinski definition) is 5. The Labute approximate surface area is 123 Å². The van der Waals surface area contributed by atoms with Gasteiger partial charge in [-0.05, 0) is 25.5 Å². The Kier molecular flexibility index (Phi) is 6.10. The molecule has 0 aliphatic heterocycles. The Bertz CT molecular complexity index is 517. The van der Waals surface area contributed by atoms with Crippen LogP contribution in [0.15, 0.2) is 18.2 Å². The molecule has 0 saturated carbocycles. The van der Waals surface area contributed by atoms with Gasteiger partial charge in [0.15, 0.2) is 0 Å². The zero-order valence-corrected chi connectivity index (χ0v) is 12.5. The third-order valence-corrected chi connectivity index (χ3v) is 2.89. The molecule has 21 heavy (non-hydrogen) atoms. The van der Waals surface area contributed by atoms with E-state index in [0.29, 0.717) is 12.2 Å². The summed E-state index contributed by atoms with van der Waals surface area (Å²) in [6, 6.07) is 4.35. The molecule has 7 nitrogen and oxygen atoms in total. The Balaban J connectivity index is 3.02. The second kappa shape index (κ2) is 7.58. The number of aliphatic hydroxyl groups is 1. The van der Waals surface area contributed by atoms with Gasteiger partial charge in [0.1, 0.15) is 5.69 Å². The van der Waals surface area contributed by atoms with Crippen molar-refractivity contribution >= 4 is 17.3 Å². The standard InChI is InChI=1S/C14H21N3O4/c1-4-7-15-12-6-5-11(8-13(12)17(20)21)14(19)16(3)9-10(2)18/h5-6,8,10,15,18H,4,7,9H2,1-3H3. The van der Waals surface area contributed by atoms with Crippen LogP contribution in [0, 0.1) is 10.1 Å². The number of amides is 1. The third-order valence-electron chi connectivity index (χ3n) is 2.89. The Hall–Kier alpha value is -2.15. The van der Waals surface area contributed by atoms with E-state index in [1.807, 2.05) is 6.92 Å². The molecule has 1 atom stereocenters. The molecular weight excluding hydrogens is 274 g/mol. The molecule has 1 amide bonds. The van der Waals surface area contributed by atoms with E-state index < -0.39 is 11.0 Å². The van der Waals surface area contributed by atoms with E-state index in [2.05, 4.69) is 5.32 Å². The van der Waals surface area contributed by atoms with Crippen molar-refractivity contribution in [3.05, 3.63) is 33.9 Å². The minimum Gasteiger partial charge on any atom is -0.392 e. The van der Waals surface area contributed by atoms with Gasteiger partial charge in [0.25, 0.3) is 11.6 Å². The topological polar surface area (TPSA) is 95.7 Å². The second-order valence-corrected chi connectivity index (χ2v) is 4.95. The molecule has 1 rings (SSSR count). The number of benzene rings is 1. The maximum atomic E-state index is 12.2. The summed E-state index contributed by atoms with van der Waals surface area (Å²) in [6.07, 6.45) is 0.189. The summed E-state index contributed by atoms with van der Waals surface area (Å²) in [5.41, 5.74) is 0.503. The van der Waals surface area contributed by atoms with Gasteiger partial charge >= 0.3 is 0 Å². The highest BCUT2D eigenvalue weighted by atomic mass is 16.6. The average Bonchev–Trinajstić information content (AvgIpc) is 2.43. The molecule has 0 bridgehead atoms. The van der Waals surface area contributed by atoms with Crippen LogP contribution in [-0.4, -0.2) is 47.1 Å². The lowest BCUT2D eigenvalue weighted by Gasteiger charge is -2.19. The highest BCUT2D eigenvalue weighted by Gasteiger charge is 2.19. The molecule has 0 aliphatic rings. The fourth-order valence-electron chi connectivity index (χ4n) is 1.92. The van der Waals surface area contributed by atoms with Crippen LogP contribution in [0.25, 0.3) is 0 Å². The number of nitro groups is 1. The van der Waals surface area contributed by atoms with Gasteiger partial charge in [-0.1, -0.05) is 6.92 Å². The summed E-state index contributed by atoms with van der Waals surface area (Å²) in [5, 5.41) is 23.4. The van der Waals surface area contributed by atoms with Crippen LogP contribution in [0.1, 0.15) is 30.6 Å². The largest absolute Gasteiger partial charge is 0.392 e. The lowest BCUT2D eigenvalue weighted by Crippen LogP contribution is -2.33. The smallest absolute Gasteiger partial charge is 0.293 e. The fraction of sp³-hybridized carbons (Fsp3) is 0.500. The van der Waals surface area contributed by atoms with Gasteiger partial charge in [0.2, 0.25) is 0 Å². The number of carbonyl (C=O) groups is 1. The zero-order chi connectivity index (χ0) is 16.0. The number of rotatable bonds is 7. The number of nitrogens with zero attached hydrogens (tertiary/aromatic N) is 2. The highest BCUT2D eigenvalue weighted by Crippen LogP contribution is 2.26. The molecule has 0 saturated heterocycles. The van der Waals surface area contributed by atoms with Crippen LogP contribution >= 0.6 is 0 Å². The Morgan fingerprint density at radius 2 is 2.19 bits per heavy atom. The van der Waals surface area contributed by atoms with Gasteiger partial charge in [-0.25, -0.2) is 0 Å². The van der Waals surface area contributed by atoms with Gasteiger partial charge in [0, 0.05) is 31.8 Å². The van der Waals surface area contributed by atoms with Crippen LogP contribution in [0.3, 0.4) is 0 Å². The Morgan fingerprint density at radius 1 is 1.52 bits per heavy atom. The summed E-state index contributed by atoms with van der Waals surface area (Å²) in [4.78, 5) is 24.1. The molecule has 116 valence electrons. The molecule has 0 aromatic heterocycles. The van der Waals surface area contributed by atoms with Gasteiger partial charge in [-0.2, -0.15) is 0 Å². The first kappa shape index (κ1) is 16.9. The SMILES string of the molecule is CCCNc1ccc(C(=O)N(C)CC(C)O)cc1[N+](=O)[O-]. The molecule has 0 spiro atoms. The van der Waals surface area contributed by atoms with Crippen LogP contribution in [-0.2, 0) is 0 Å². The predicted octanol–water partition coefficient (Wildman–Crippen LogP) is 1.87. The number of likely N-dealkylation sites (N-methyl/N-ethyl adjacent to an activating group) is 1. The molecule has 0 fully saturated rings. The van der Waals surface area contributed by atoms with Crippen molar-refractivity contribution in [3.8, 4) is 0 Å². The van der Waals surface area contributed by atoms with Gasteiger partial charge in [-0.15, -0.1) is 0 Å². The van der Waals surface area contributed by atoms with Gasteiger partial charge in [0.05, 0.1) is 11.0 Å². The minimum atomic E-state index is -0.653. The van der Waals surface area contributed by atoms with Crippen LogP contribution in [0.4, 0.5) is 11.4 Å². The monoisotopic (exact) mass is 295 g/mol. The van der Waals surface area contributed by atoms with E-state index in [0.717, 1.165) is 6.42 Å². The number of aliphatic hydroxyl groups excluding tert-OH is 1. The van der Waals surface area contributed by atoms with Crippen molar-refractivity contribution < 1.29 is 14.8 Å². The number of nitro benzene ring substituents is 1. The molecule has 1 aromatic rings. The minimum absolute atomic E-state index is 0.125. The summed E-state index contributed by atoms with van der Waals surface area (Å²) in [7, 11) is 1.55. The number of nitrogens with one attached hydrogen (secondary N) is 1. The fourth-order valence-corrected chi connectivity index (χ4v) is 1.92. The van der Waals surface area contributed by atoms with Crippen molar-refractivity contribution in [2.45, 2.75) is 26.4 Å². The average molecular weight is 295 g/mol. The molecule has 1 unspecified atom stereocenters. The predicted molar refractivity (Wildman–Crippen MR) is 80.5 cm³/mol. The molecule has 0 radical (unpaired) electrons. The first-order chi connectivity index (χ1) is 9.86. The van der Waals surface area contributed by atoms with Gasteiger partial charge in [-0.3, -0.25) is 14.9 Å². The van der Waals surface area contributed by atoms with Crippen molar-refractivity contribution in [1.82, 2.24) is 4.90 Å². The van der Waals surface area contributed by atoms with E-state index in [-0.39, 0.29) is 23.7 Å². The van der Waals surface area contributed by atoms with E-state index >= 15 is 0 Å². The number of anilines is 1. The van der Waals surface area contributed by atoms with Gasteiger partial charge < -0.3 is 15.3 Å². The molecule has 0 heterocycles. The Morgan fingerprint density at radius 3 is 2.71 bits per heavy atom. The first-order valence-electron chi connectivity index (χ1n) is 6.82. The third kappa shape index (κ3) is 4.71. The maximum absolute atomic E-state index is 12.2. The number of hydrogen-bond donors (Lipinski definition) is 2. The molecule has 1 aromatic carbocycles. The lowest BCUT2D eigenvalue weighted by atomic mass is 10.1.